The Balaban J connectivity index is 2.63. The highest BCUT2D eigenvalue weighted by molar-refractivity contribution is 5.81. The van der Waals surface area contributed by atoms with E-state index >= 15 is 0 Å². The number of phenolic OH excluding ortho intramolecular Hbond substituents is 1. The zero-order valence-corrected chi connectivity index (χ0v) is 9.27. The lowest BCUT2D eigenvalue weighted by Crippen LogP contribution is -1.93. The molecule has 0 aliphatic carbocycles. The van der Waals surface area contributed by atoms with Gasteiger partial charge in [0.25, 0.3) is 0 Å². The molecule has 2 rings (SSSR count). The molecule has 3 N–H and O–H groups in total. The summed E-state index contributed by atoms with van der Waals surface area (Å²) in [6.45, 7) is 2.11. The fourth-order valence-corrected chi connectivity index (χ4v) is 1.88. The summed E-state index contributed by atoms with van der Waals surface area (Å²) in [5, 5.41) is 9.60. The van der Waals surface area contributed by atoms with Crippen molar-refractivity contribution in [3.63, 3.8) is 0 Å². The molecule has 0 amide bonds. The van der Waals surface area contributed by atoms with Gasteiger partial charge in [0.1, 0.15) is 5.75 Å². The van der Waals surface area contributed by atoms with Crippen LogP contribution in [0.15, 0.2) is 42.5 Å². The molecule has 0 fully saturated rings. The highest BCUT2D eigenvalue weighted by Crippen LogP contribution is 2.34. The summed E-state index contributed by atoms with van der Waals surface area (Å²) < 4.78 is 0. The number of hydrogen-bond donors (Lipinski definition) is 2. The second-order valence-corrected chi connectivity index (χ2v) is 3.75. The zero-order chi connectivity index (χ0) is 11.5. The van der Waals surface area contributed by atoms with Gasteiger partial charge < -0.3 is 10.8 Å². The zero-order valence-electron chi connectivity index (χ0n) is 9.27. The van der Waals surface area contributed by atoms with E-state index in [4.69, 9.17) is 5.73 Å². The van der Waals surface area contributed by atoms with Crippen molar-refractivity contribution in [3.05, 3.63) is 48.0 Å². The van der Waals surface area contributed by atoms with Crippen LogP contribution < -0.4 is 5.73 Å². The Hall–Kier alpha value is -1.96. The van der Waals surface area contributed by atoms with Gasteiger partial charge in [0.05, 0.1) is 5.69 Å². The van der Waals surface area contributed by atoms with E-state index in [1.165, 1.54) is 5.56 Å². The molecule has 0 spiro atoms. The van der Waals surface area contributed by atoms with Crippen LogP contribution >= 0.6 is 0 Å². The van der Waals surface area contributed by atoms with Crippen LogP contribution in [-0.2, 0) is 6.42 Å². The van der Waals surface area contributed by atoms with Gasteiger partial charge in [-0.25, -0.2) is 0 Å². The minimum absolute atomic E-state index is 0.142. The molecule has 0 aromatic heterocycles. The standard InChI is InChI=1S/C14H15NO/c1-2-10-6-3-4-7-11(10)12-8-5-9-13(16)14(12)15/h3-9,16H,2,15H2,1H3. The van der Waals surface area contributed by atoms with Crippen LogP contribution in [0.3, 0.4) is 0 Å². The summed E-state index contributed by atoms with van der Waals surface area (Å²) in [4.78, 5) is 0. The van der Waals surface area contributed by atoms with Crippen LogP contribution in [0.4, 0.5) is 5.69 Å². The molecule has 0 aliphatic heterocycles. The molecule has 0 saturated carbocycles. The highest BCUT2D eigenvalue weighted by atomic mass is 16.3. The van der Waals surface area contributed by atoms with Crippen LogP contribution in [0.25, 0.3) is 11.1 Å². The molecule has 0 saturated heterocycles. The van der Waals surface area contributed by atoms with E-state index in [2.05, 4.69) is 13.0 Å². The van der Waals surface area contributed by atoms with Gasteiger partial charge in [-0.15, -0.1) is 0 Å². The van der Waals surface area contributed by atoms with Crippen molar-refractivity contribution in [2.24, 2.45) is 0 Å². The molecule has 16 heavy (non-hydrogen) atoms. The van der Waals surface area contributed by atoms with Crippen LogP contribution in [0.1, 0.15) is 12.5 Å². The van der Waals surface area contributed by atoms with Crippen molar-refractivity contribution in [3.8, 4) is 16.9 Å². The average molecular weight is 213 g/mol. The normalized spacial score (nSPS) is 10.3. The predicted molar refractivity (Wildman–Crippen MR) is 67.3 cm³/mol. The van der Waals surface area contributed by atoms with Crippen molar-refractivity contribution >= 4 is 5.69 Å². The number of nitrogens with two attached hydrogens (primary N) is 1. The Morgan fingerprint density at radius 3 is 2.44 bits per heavy atom. The molecule has 0 bridgehead atoms. The number of para-hydroxylation sites is 1. The van der Waals surface area contributed by atoms with Crippen molar-refractivity contribution in [1.29, 1.82) is 0 Å². The first-order valence-electron chi connectivity index (χ1n) is 5.39. The molecule has 0 unspecified atom stereocenters. The Kier molecular flexibility index (Phi) is 2.82. The van der Waals surface area contributed by atoms with E-state index in [9.17, 15) is 5.11 Å². The molecule has 2 aromatic carbocycles. The maximum Gasteiger partial charge on any atom is 0.139 e. The third-order valence-corrected chi connectivity index (χ3v) is 2.77. The van der Waals surface area contributed by atoms with Gasteiger partial charge in [-0.2, -0.15) is 0 Å². The van der Waals surface area contributed by atoms with E-state index in [1.54, 1.807) is 6.07 Å². The number of nitrogen functional groups attached to an aromatic ring is 1. The summed E-state index contributed by atoms with van der Waals surface area (Å²) in [7, 11) is 0. The lowest BCUT2D eigenvalue weighted by molar-refractivity contribution is 0.478. The fourth-order valence-electron chi connectivity index (χ4n) is 1.88. The molecule has 2 heteroatoms. The second kappa shape index (κ2) is 4.27. The molecule has 0 aliphatic rings. The first-order chi connectivity index (χ1) is 7.74. The third kappa shape index (κ3) is 1.74. The highest BCUT2D eigenvalue weighted by Gasteiger charge is 2.08. The van der Waals surface area contributed by atoms with Crippen molar-refractivity contribution in [2.75, 3.05) is 5.73 Å². The van der Waals surface area contributed by atoms with Crippen LogP contribution in [-0.4, -0.2) is 5.11 Å². The van der Waals surface area contributed by atoms with Crippen LogP contribution in [0.5, 0.6) is 5.75 Å². The molecule has 0 atom stereocenters. The first kappa shape index (κ1) is 10.6. The smallest absolute Gasteiger partial charge is 0.139 e. The second-order valence-electron chi connectivity index (χ2n) is 3.75. The number of anilines is 1. The Morgan fingerprint density at radius 1 is 1.00 bits per heavy atom. The average Bonchev–Trinajstić information content (AvgIpc) is 2.33. The third-order valence-electron chi connectivity index (χ3n) is 2.77. The fraction of sp³-hybridized carbons (Fsp3) is 0.143. The molecular formula is C14H15NO. The van der Waals surface area contributed by atoms with Gasteiger partial charge in [-0.05, 0) is 23.6 Å². The van der Waals surface area contributed by atoms with Gasteiger partial charge >= 0.3 is 0 Å². The number of aromatic hydroxyl groups is 1. The Labute approximate surface area is 95.4 Å². The lowest BCUT2D eigenvalue weighted by Gasteiger charge is -2.11. The molecule has 0 heterocycles. The number of aryl methyl sites for hydroxylation is 1. The minimum atomic E-state index is 0.142. The topological polar surface area (TPSA) is 46.2 Å². The van der Waals surface area contributed by atoms with E-state index in [0.29, 0.717) is 5.69 Å². The molecule has 82 valence electrons. The van der Waals surface area contributed by atoms with Crippen molar-refractivity contribution in [2.45, 2.75) is 13.3 Å². The predicted octanol–water partition coefficient (Wildman–Crippen LogP) is 3.20. The van der Waals surface area contributed by atoms with E-state index in [-0.39, 0.29) is 5.75 Å². The summed E-state index contributed by atoms with van der Waals surface area (Å²) in [6.07, 6.45) is 0.950. The van der Waals surface area contributed by atoms with E-state index in [0.717, 1.165) is 17.5 Å². The van der Waals surface area contributed by atoms with Crippen LogP contribution in [0.2, 0.25) is 0 Å². The first-order valence-corrected chi connectivity index (χ1v) is 5.39. The number of benzene rings is 2. The van der Waals surface area contributed by atoms with Gasteiger partial charge in [-0.3, -0.25) is 0 Å². The van der Waals surface area contributed by atoms with E-state index < -0.39 is 0 Å². The number of rotatable bonds is 2. The van der Waals surface area contributed by atoms with Crippen LogP contribution in [0, 0.1) is 0 Å². The Bertz CT molecular complexity index is 506. The lowest BCUT2D eigenvalue weighted by atomic mass is 9.97. The summed E-state index contributed by atoms with van der Waals surface area (Å²) in [6, 6.07) is 13.5. The molecule has 0 radical (unpaired) electrons. The maximum atomic E-state index is 9.60. The summed E-state index contributed by atoms with van der Waals surface area (Å²) in [5.41, 5.74) is 9.57. The van der Waals surface area contributed by atoms with Gasteiger partial charge in [0.2, 0.25) is 0 Å². The van der Waals surface area contributed by atoms with E-state index in [1.807, 2.05) is 30.3 Å². The minimum Gasteiger partial charge on any atom is -0.506 e. The van der Waals surface area contributed by atoms with Crippen molar-refractivity contribution in [1.82, 2.24) is 0 Å². The summed E-state index contributed by atoms with van der Waals surface area (Å²) >= 11 is 0. The van der Waals surface area contributed by atoms with Gasteiger partial charge in [-0.1, -0.05) is 43.3 Å². The maximum absolute atomic E-state index is 9.60. The monoisotopic (exact) mass is 213 g/mol. The van der Waals surface area contributed by atoms with Gasteiger partial charge in [0.15, 0.2) is 0 Å². The summed E-state index contributed by atoms with van der Waals surface area (Å²) in [5.74, 6) is 0.142. The molecule has 2 aromatic rings. The molecular weight excluding hydrogens is 198 g/mol. The molecule has 2 nitrogen and oxygen atoms in total. The largest absolute Gasteiger partial charge is 0.506 e. The SMILES string of the molecule is CCc1ccccc1-c1cccc(O)c1N. The Morgan fingerprint density at radius 2 is 1.69 bits per heavy atom. The number of phenols is 1. The number of hydrogen-bond acceptors (Lipinski definition) is 2. The van der Waals surface area contributed by atoms with Gasteiger partial charge in [0, 0.05) is 5.56 Å². The quantitative estimate of drug-likeness (QED) is 0.594. The van der Waals surface area contributed by atoms with Crippen molar-refractivity contribution < 1.29 is 5.11 Å².